The van der Waals surface area contributed by atoms with Crippen LogP contribution in [0.25, 0.3) is 0 Å². The number of benzene rings is 1. The lowest BCUT2D eigenvalue weighted by atomic mass is 10.1. The second-order valence-corrected chi connectivity index (χ2v) is 8.27. The first-order chi connectivity index (χ1) is 11.4. The summed E-state index contributed by atoms with van der Waals surface area (Å²) >= 11 is 0. The molecule has 0 spiro atoms. The van der Waals surface area contributed by atoms with E-state index in [2.05, 4.69) is 4.98 Å². The molecular formula is C19H24N2O2S. The van der Waals surface area contributed by atoms with E-state index in [1.807, 2.05) is 44.7 Å². The zero-order valence-corrected chi connectivity index (χ0v) is 15.4. The molecule has 1 atom stereocenters. The van der Waals surface area contributed by atoms with Gasteiger partial charge in [0.25, 0.3) is 5.91 Å². The van der Waals surface area contributed by atoms with Crippen LogP contribution in [0.2, 0.25) is 0 Å². The molecule has 1 aromatic carbocycles. The van der Waals surface area contributed by atoms with Crippen LogP contribution < -0.4 is 0 Å². The van der Waals surface area contributed by atoms with Crippen LogP contribution in [-0.4, -0.2) is 31.3 Å². The molecule has 0 bridgehead atoms. The molecule has 128 valence electrons. The van der Waals surface area contributed by atoms with Crippen LogP contribution in [0.5, 0.6) is 0 Å². The van der Waals surface area contributed by atoms with E-state index in [-0.39, 0.29) is 17.2 Å². The lowest BCUT2D eigenvalue weighted by molar-refractivity contribution is 0.0690. The minimum Gasteiger partial charge on any atom is -0.332 e. The number of rotatable bonds is 6. The standard InChI is InChI=1S/C19H24N2O2S/c1-14(2)21(13-16-6-5-11-20-12-16)19(22)17-7-9-18(10-8-17)24(23)15(3)4/h5-12,14-15H,13H2,1-4H3. The molecule has 2 aromatic rings. The van der Waals surface area contributed by atoms with E-state index in [1.165, 1.54) is 0 Å². The summed E-state index contributed by atoms with van der Waals surface area (Å²) in [6, 6.07) is 11.0. The molecule has 2 rings (SSSR count). The molecule has 0 N–H and O–H groups in total. The van der Waals surface area contributed by atoms with Crippen LogP contribution in [0.1, 0.15) is 43.6 Å². The summed E-state index contributed by atoms with van der Waals surface area (Å²) in [6.07, 6.45) is 3.50. The van der Waals surface area contributed by atoms with Gasteiger partial charge in [0.05, 0.1) is 10.8 Å². The van der Waals surface area contributed by atoms with Crippen molar-refractivity contribution >= 4 is 16.7 Å². The molecule has 4 nitrogen and oxygen atoms in total. The minimum absolute atomic E-state index is 0.0317. The smallest absolute Gasteiger partial charge is 0.254 e. The van der Waals surface area contributed by atoms with E-state index in [4.69, 9.17) is 0 Å². The monoisotopic (exact) mass is 344 g/mol. The molecule has 0 aliphatic carbocycles. The fourth-order valence-corrected chi connectivity index (χ4v) is 3.30. The molecule has 0 fully saturated rings. The van der Waals surface area contributed by atoms with Crippen molar-refractivity contribution in [3.05, 3.63) is 59.9 Å². The number of hydrogen-bond acceptors (Lipinski definition) is 3. The van der Waals surface area contributed by atoms with Crippen molar-refractivity contribution in [2.24, 2.45) is 0 Å². The Morgan fingerprint density at radius 3 is 2.29 bits per heavy atom. The van der Waals surface area contributed by atoms with Crippen molar-refractivity contribution in [3.8, 4) is 0 Å². The molecule has 1 heterocycles. The van der Waals surface area contributed by atoms with Gasteiger partial charge in [-0.25, -0.2) is 0 Å². The number of pyridine rings is 1. The van der Waals surface area contributed by atoms with E-state index in [9.17, 15) is 9.00 Å². The summed E-state index contributed by atoms with van der Waals surface area (Å²) in [4.78, 5) is 19.5. The molecule has 1 aromatic heterocycles. The average Bonchev–Trinajstić information content (AvgIpc) is 2.59. The molecule has 0 saturated carbocycles. The molecule has 5 heteroatoms. The van der Waals surface area contributed by atoms with Crippen molar-refractivity contribution in [1.82, 2.24) is 9.88 Å². The summed E-state index contributed by atoms with van der Waals surface area (Å²) < 4.78 is 12.1. The van der Waals surface area contributed by atoms with E-state index >= 15 is 0 Å². The highest BCUT2D eigenvalue weighted by molar-refractivity contribution is 7.85. The third-order valence-corrected chi connectivity index (χ3v) is 5.31. The van der Waals surface area contributed by atoms with E-state index in [0.717, 1.165) is 10.5 Å². The van der Waals surface area contributed by atoms with Crippen LogP contribution in [-0.2, 0) is 17.3 Å². The molecule has 0 aliphatic heterocycles. The average molecular weight is 344 g/mol. The summed E-state index contributed by atoms with van der Waals surface area (Å²) in [5, 5.41) is 0.0595. The predicted molar refractivity (Wildman–Crippen MR) is 97.2 cm³/mol. The predicted octanol–water partition coefficient (Wildman–Crippen LogP) is 3.65. The number of aromatic nitrogens is 1. The van der Waals surface area contributed by atoms with Crippen molar-refractivity contribution in [1.29, 1.82) is 0 Å². The van der Waals surface area contributed by atoms with Crippen LogP contribution in [0.4, 0.5) is 0 Å². The summed E-state index contributed by atoms with van der Waals surface area (Å²) in [5.74, 6) is -0.0317. The Balaban J connectivity index is 2.19. The lowest BCUT2D eigenvalue weighted by Gasteiger charge is -2.27. The van der Waals surface area contributed by atoms with Gasteiger partial charge >= 0.3 is 0 Å². The Labute approximate surface area is 146 Å². The fraction of sp³-hybridized carbons (Fsp3) is 0.368. The van der Waals surface area contributed by atoms with Crippen molar-refractivity contribution < 1.29 is 9.00 Å². The van der Waals surface area contributed by atoms with Gasteiger partial charge in [-0.2, -0.15) is 0 Å². The first kappa shape index (κ1) is 18.3. The van der Waals surface area contributed by atoms with Crippen molar-refractivity contribution in [2.75, 3.05) is 0 Å². The highest BCUT2D eigenvalue weighted by Crippen LogP contribution is 2.16. The van der Waals surface area contributed by atoms with E-state index in [0.29, 0.717) is 12.1 Å². The van der Waals surface area contributed by atoms with Gasteiger partial charge < -0.3 is 4.90 Å². The highest BCUT2D eigenvalue weighted by atomic mass is 32.2. The number of amides is 1. The van der Waals surface area contributed by atoms with Gasteiger partial charge in [0, 0.05) is 40.7 Å². The summed E-state index contributed by atoms with van der Waals surface area (Å²) in [7, 11) is -1.04. The summed E-state index contributed by atoms with van der Waals surface area (Å²) in [5.41, 5.74) is 1.61. The molecule has 0 saturated heterocycles. The zero-order valence-electron chi connectivity index (χ0n) is 14.6. The number of nitrogens with zero attached hydrogens (tertiary/aromatic N) is 2. The van der Waals surface area contributed by atoms with Crippen LogP contribution >= 0.6 is 0 Å². The Hall–Kier alpha value is -2.01. The van der Waals surface area contributed by atoms with Gasteiger partial charge in [-0.3, -0.25) is 14.0 Å². The Bertz CT molecular complexity index is 697. The van der Waals surface area contributed by atoms with Gasteiger partial charge in [0.1, 0.15) is 0 Å². The molecule has 24 heavy (non-hydrogen) atoms. The maximum Gasteiger partial charge on any atom is 0.254 e. The third-order valence-electron chi connectivity index (χ3n) is 3.72. The first-order valence-electron chi connectivity index (χ1n) is 8.10. The largest absolute Gasteiger partial charge is 0.332 e. The first-order valence-corrected chi connectivity index (χ1v) is 9.32. The highest BCUT2D eigenvalue weighted by Gasteiger charge is 2.19. The maximum absolute atomic E-state index is 12.8. The van der Waals surface area contributed by atoms with Crippen molar-refractivity contribution in [3.63, 3.8) is 0 Å². The van der Waals surface area contributed by atoms with Gasteiger partial charge in [-0.05, 0) is 49.7 Å². The van der Waals surface area contributed by atoms with Crippen molar-refractivity contribution in [2.45, 2.75) is 50.4 Å². The van der Waals surface area contributed by atoms with E-state index < -0.39 is 10.8 Å². The fourth-order valence-electron chi connectivity index (χ4n) is 2.35. The molecular weight excluding hydrogens is 320 g/mol. The maximum atomic E-state index is 12.8. The second-order valence-electron chi connectivity index (χ2n) is 6.26. The minimum atomic E-state index is -1.04. The number of hydrogen-bond donors (Lipinski definition) is 0. The quantitative estimate of drug-likeness (QED) is 0.804. The van der Waals surface area contributed by atoms with Gasteiger partial charge in [0.2, 0.25) is 0 Å². The Morgan fingerprint density at radius 2 is 1.79 bits per heavy atom. The molecule has 1 unspecified atom stereocenters. The van der Waals surface area contributed by atoms with Crippen LogP contribution in [0, 0.1) is 0 Å². The van der Waals surface area contributed by atoms with E-state index in [1.54, 1.807) is 36.7 Å². The van der Waals surface area contributed by atoms with Gasteiger partial charge in [-0.15, -0.1) is 0 Å². The van der Waals surface area contributed by atoms with Gasteiger partial charge in [-0.1, -0.05) is 19.9 Å². The zero-order chi connectivity index (χ0) is 17.7. The van der Waals surface area contributed by atoms with Crippen LogP contribution in [0.15, 0.2) is 53.7 Å². The molecule has 0 aliphatic rings. The topological polar surface area (TPSA) is 50.3 Å². The Kier molecular flexibility index (Phi) is 6.26. The third kappa shape index (κ3) is 4.51. The Morgan fingerprint density at radius 1 is 1.12 bits per heavy atom. The number of carbonyl (C=O) groups is 1. The van der Waals surface area contributed by atoms with Gasteiger partial charge in [0.15, 0.2) is 0 Å². The lowest BCUT2D eigenvalue weighted by Crippen LogP contribution is -2.36. The normalized spacial score (nSPS) is 12.4. The molecule has 1 amide bonds. The summed E-state index contributed by atoms with van der Waals surface area (Å²) in [6.45, 7) is 8.35. The van der Waals surface area contributed by atoms with Crippen LogP contribution in [0.3, 0.4) is 0 Å². The second kappa shape index (κ2) is 8.20. The number of carbonyl (C=O) groups excluding carboxylic acids is 1. The SMILES string of the molecule is CC(C)N(Cc1cccnc1)C(=O)c1ccc(S(=O)C(C)C)cc1. The molecule has 0 radical (unpaired) electrons.